The summed E-state index contributed by atoms with van der Waals surface area (Å²) in [6.45, 7) is 0.640. The Balaban J connectivity index is 1.34. The van der Waals surface area contributed by atoms with Crippen LogP contribution in [-0.4, -0.2) is 31.7 Å². The van der Waals surface area contributed by atoms with Gasteiger partial charge in [-0.3, -0.25) is 14.5 Å². The van der Waals surface area contributed by atoms with Crippen molar-refractivity contribution in [3.05, 3.63) is 72.4 Å². The molecule has 0 radical (unpaired) electrons. The molecule has 0 saturated heterocycles. The molecule has 0 atom stereocenters. The molecule has 3 aromatic rings. The highest BCUT2D eigenvalue weighted by Crippen LogP contribution is 2.20. The van der Waals surface area contributed by atoms with Gasteiger partial charge in [0.15, 0.2) is 0 Å². The first-order valence-electron chi connectivity index (χ1n) is 11.2. The summed E-state index contributed by atoms with van der Waals surface area (Å²) in [7, 11) is -3.75. The number of benzene rings is 2. The number of aryl methyl sites for hydroxylation is 1. The maximum absolute atomic E-state index is 12.8. The number of sulfonamides is 1. The van der Waals surface area contributed by atoms with Gasteiger partial charge in [-0.2, -0.15) is 0 Å². The third kappa shape index (κ3) is 6.32. The summed E-state index contributed by atoms with van der Waals surface area (Å²) < 4.78 is 28.1. The Kier molecular flexibility index (Phi) is 7.24. The van der Waals surface area contributed by atoms with E-state index in [0.29, 0.717) is 30.9 Å². The van der Waals surface area contributed by atoms with Crippen LogP contribution in [0.3, 0.4) is 0 Å². The average Bonchev–Trinajstić information content (AvgIpc) is 3.15. The van der Waals surface area contributed by atoms with Crippen molar-refractivity contribution >= 4 is 27.5 Å². The van der Waals surface area contributed by atoms with E-state index in [1.807, 2.05) is 42.5 Å². The molecule has 1 aliphatic heterocycles. The number of anilines is 1. The summed E-state index contributed by atoms with van der Waals surface area (Å²) >= 11 is 0. The van der Waals surface area contributed by atoms with E-state index >= 15 is 0 Å². The van der Waals surface area contributed by atoms with E-state index < -0.39 is 10.0 Å². The van der Waals surface area contributed by atoms with Crippen molar-refractivity contribution in [3.63, 3.8) is 0 Å². The van der Waals surface area contributed by atoms with Crippen LogP contribution in [0, 0.1) is 0 Å². The molecule has 0 fully saturated rings. The van der Waals surface area contributed by atoms with Crippen molar-refractivity contribution in [3.8, 4) is 11.3 Å². The van der Waals surface area contributed by atoms with Crippen LogP contribution in [0.15, 0.2) is 76.6 Å². The van der Waals surface area contributed by atoms with E-state index in [9.17, 15) is 13.2 Å². The fraction of sp³-hybridized carbons (Fsp3) is 0.280. The van der Waals surface area contributed by atoms with Gasteiger partial charge in [-0.05, 0) is 55.2 Å². The van der Waals surface area contributed by atoms with Gasteiger partial charge >= 0.3 is 0 Å². The Bertz CT molecular complexity index is 1230. The molecule has 1 aliphatic rings. The maximum atomic E-state index is 12.8. The number of hydrogen-bond acceptors (Lipinski definition) is 4. The number of nitrogens with one attached hydrogen (secondary N) is 3. The summed E-state index contributed by atoms with van der Waals surface area (Å²) in [6, 6.07) is 20.3. The molecule has 0 bridgehead atoms. The summed E-state index contributed by atoms with van der Waals surface area (Å²) in [6.07, 6.45) is 4.40. The van der Waals surface area contributed by atoms with Gasteiger partial charge in [0.2, 0.25) is 5.91 Å². The predicted molar refractivity (Wildman–Crippen MR) is 131 cm³/mol. The van der Waals surface area contributed by atoms with Crippen LogP contribution in [0.2, 0.25) is 0 Å². The smallest absolute Gasteiger partial charge is 0.262 e. The molecule has 0 saturated carbocycles. The quantitative estimate of drug-likeness (QED) is 0.479. The van der Waals surface area contributed by atoms with Crippen LogP contribution in [-0.2, 0) is 21.2 Å². The van der Waals surface area contributed by atoms with Crippen molar-refractivity contribution in [1.29, 1.82) is 0 Å². The minimum absolute atomic E-state index is 0.101. The lowest BCUT2D eigenvalue weighted by Crippen LogP contribution is -2.30. The molecular weight excluding hydrogens is 436 g/mol. The van der Waals surface area contributed by atoms with Crippen LogP contribution < -0.4 is 10.0 Å². The second-order valence-corrected chi connectivity index (χ2v) is 9.77. The number of amidine groups is 1. The number of aromatic nitrogens is 1. The number of aliphatic imine (C=N–C) groups is 1. The highest BCUT2D eigenvalue weighted by molar-refractivity contribution is 7.90. The normalized spacial score (nSPS) is 14.2. The zero-order valence-corrected chi connectivity index (χ0v) is 19.2. The molecule has 2 heterocycles. The number of amides is 1. The number of carbonyl (C=O) groups is 1. The highest BCUT2D eigenvalue weighted by atomic mass is 32.2. The zero-order chi connectivity index (χ0) is 23.1. The number of rotatable bonds is 7. The van der Waals surface area contributed by atoms with Crippen molar-refractivity contribution < 1.29 is 13.2 Å². The van der Waals surface area contributed by atoms with E-state index in [1.165, 1.54) is 12.1 Å². The first-order chi connectivity index (χ1) is 16.0. The molecule has 3 N–H and O–H groups in total. The Labute approximate surface area is 194 Å². The molecule has 0 spiro atoms. The van der Waals surface area contributed by atoms with Crippen LogP contribution in [0.4, 0.5) is 5.69 Å². The van der Waals surface area contributed by atoms with E-state index in [-0.39, 0.29) is 17.2 Å². The molecule has 0 unspecified atom stereocenters. The minimum atomic E-state index is -3.75. The summed E-state index contributed by atoms with van der Waals surface area (Å²) in [4.78, 5) is 20.2. The Morgan fingerprint density at radius 3 is 2.67 bits per heavy atom. The molecule has 1 amide bonds. The van der Waals surface area contributed by atoms with Crippen LogP contribution in [0.25, 0.3) is 11.3 Å². The van der Waals surface area contributed by atoms with Gasteiger partial charge in [0.05, 0.1) is 4.90 Å². The van der Waals surface area contributed by atoms with Crippen molar-refractivity contribution in [2.45, 2.75) is 43.4 Å². The zero-order valence-electron chi connectivity index (χ0n) is 18.4. The number of aromatic amines is 1. The van der Waals surface area contributed by atoms with Crippen molar-refractivity contribution in [2.75, 3.05) is 11.9 Å². The second kappa shape index (κ2) is 10.5. The monoisotopic (exact) mass is 464 g/mol. The maximum Gasteiger partial charge on any atom is 0.262 e. The molecule has 33 heavy (non-hydrogen) atoms. The lowest BCUT2D eigenvalue weighted by Gasteiger charge is -2.11. The molecule has 4 rings (SSSR count). The van der Waals surface area contributed by atoms with Crippen LogP contribution in [0.5, 0.6) is 0 Å². The Morgan fingerprint density at radius 1 is 0.970 bits per heavy atom. The third-order valence-electron chi connectivity index (χ3n) is 5.51. The summed E-state index contributed by atoms with van der Waals surface area (Å²) in [5.41, 5.74) is 3.51. The SMILES string of the molecule is O=C(CCc1ccc(-c2ccccc2)[nH]1)Nc1cccc(S(=O)(=O)NC2=NCCCCC2)c1. The lowest BCUT2D eigenvalue weighted by atomic mass is 10.2. The fourth-order valence-corrected chi connectivity index (χ4v) is 4.89. The van der Waals surface area contributed by atoms with Gasteiger partial charge in [0, 0.05) is 36.5 Å². The fourth-order valence-electron chi connectivity index (χ4n) is 3.76. The minimum Gasteiger partial charge on any atom is -0.358 e. The predicted octanol–water partition coefficient (Wildman–Crippen LogP) is 4.50. The van der Waals surface area contributed by atoms with Crippen LogP contribution in [0.1, 0.15) is 37.8 Å². The van der Waals surface area contributed by atoms with E-state index in [4.69, 9.17) is 0 Å². The molecule has 172 valence electrons. The molecule has 0 aliphatic carbocycles. The second-order valence-electron chi connectivity index (χ2n) is 8.08. The third-order valence-corrected chi connectivity index (χ3v) is 6.89. The standard InChI is InChI=1S/C25H28N4O3S/c30-25(16-14-20-13-15-23(27-20)19-8-3-1-4-9-19)28-21-10-7-11-22(18-21)33(31,32)29-24-12-5-2-6-17-26-24/h1,3-4,7-11,13,15,18,27H,2,5-6,12,14,16-17H2,(H,26,29)(H,28,30). The number of nitrogens with zero attached hydrogens (tertiary/aromatic N) is 1. The highest BCUT2D eigenvalue weighted by Gasteiger charge is 2.18. The van der Waals surface area contributed by atoms with E-state index in [0.717, 1.165) is 36.2 Å². The summed E-state index contributed by atoms with van der Waals surface area (Å²) in [5.74, 6) is 0.323. The Morgan fingerprint density at radius 2 is 1.82 bits per heavy atom. The molecule has 1 aromatic heterocycles. The molecular formula is C25H28N4O3S. The molecule has 8 heteroatoms. The summed E-state index contributed by atoms with van der Waals surface area (Å²) in [5, 5.41) is 2.80. The first-order valence-corrected chi connectivity index (χ1v) is 12.7. The van der Waals surface area contributed by atoms with Crippen molar-refractivity contribution in [2.24, 2.45) is 4.99 Å². The number of hydrogen-bond donors (Lipinski definition) is 3. The van der Waals surface area contributed by atoms with Gasteiger partial charge < -0.3 is 10.3 Å². The van der Waals surface area contributed by atoms with Gasteiger partial charge in [-0.15, -0.1) is 0 Å². The van der Waals surface area contributed by atoms with Gasteiger partial charge in [0.25, 0.3) is 10.0 Å². The van der Waals surface area contributed by atoms with Crippen molar-refractivity contribution in [1.82, 2.24) is 9.71 Å². The van der Waals surface area contributed by atoms with E-state index in [1.54, 1.807) is 12.1 Å². The lowest BCUT2D eigenvalue weighted by molar-refractivity contribution is -0.116. The van der Waals surface area contributed by atoms with E-state index in [2.05, 4.69) is 20.0 Å². The average molecular weight is 465 g/mol. The number of H-pyrrole nitrogens is 1. The van der Waals surface area contributed by atoms with Gasteiger partial charge in [-0.1, -0.05) is 42.8 Å². The van der Waals surface area contributed by atoms with Crippen LogP contribution >= 0.6 is 0 Å². The Hall–Kier alpha value is -3.39. The molecule has 2 aromatic carbocycles. The van der Waals surface area contributed by atoms with Gasteiger partial charge in [0.1, 0.15) is 5.84 Å². The largest absolute Gasteiger partial charge is 0.358 e. The number of carbonyl (C=O) groups excluding carboxylic acids is 1. The topological polar surface area (TPSA) is 103 Å². The van der Waals surface area contributed by atoms with Gasteiger partial charge in [-0.25, -0.2) is 8.42 Å². The first kappa shape index (κ1) is 22.8. The molecule has 7 nitrogen and oxygen atoms in total.